The number of rotatable bonds is 3. The van der Waals surface area contributed by atoms with Crippen molar-refractivity contribution in [1.29, 1.82) is 5.26 Å². The minimum atomic E-state index is -0.446. The molecular weight excluding hydrogens is 296 g/mol. The summed E-state index contributed by atoms with van der Waals surface area (Å²) in [5.74, 6) is 0.514. The van der Waals surface area contributed by atoms with E-state index in [1.54, 1.807) is 36.0 Å². The zero-order valence-electron chi connectivity index (χ0n) is 12.5. The van der Waals surface area contributed by atoms with Crippen LogP contribution >= 0.6 is 0 Å². The van der Waals surface area contributed by atoms with E-state index in [-0.39, 0.29) is 5.69 Å². The molecule has 2 aromatic carbocycles. The summed E-state index contributed by atoms with van der Waals surface area (Å²) >= 11 is 0. The summed E-state index contributed by atoms with van der Waals surface area (Å²) in [6, 6.07) is 10.1. The van der Waals surface area contributed by atoms with Crippen molar-refractivity contribution in [3.63, 3.8) is 0 Å². The van der Waals surface area contributed by atoms with Gasteiger partial charge in [-0.15, -0.1) is 0 Å². The molecule has 0 amide bonds. The van der Waals surface area contributed by atoms with E-state index in [4.69, 9.17) is 10.00 Å². The van der Waals surface area contributed by atoms with E-state index >= 15 is 0 Å². The van der Waals surface area contributed by atoms with Crippen LogP contribution in [0.5, 0.6) is 5.75 Å². The number of aromatic nitrogens is 2. The molecule has 1 aromatic heterocycles. The quantitative estimate of drug-likeness (QED) is 0.547. The Morgan fingerprint density at radius 1 is 1.35 bits per heavy atom. The van der Waals surface area contributed by atoms with Crippen LogP contribution in [0.25, 0.3) is 16.6 Å². The minimum Gasteiger partial charge on any atom is -0.494 e. The second-order valence-electron chi connectivity index (χ2n) is 4.96. The van der Waals surface area contributed by atoms with Crippen molar-refractivity contribution in [2.45, 2.75) is 6.92 Å². The molecule has 3 rings (SSSR count). The Bertz CT molecular complexity index is 969. The first-order chi connectivity index (χ1) is 11.1. The molecule has 0 bridgehead atoms. The average Bonchev–Trinajstić information content (AvgIpc) is 2.97. The van der Waals surface area contributed by atoms with Gasteiger partial charge in [0, 0.05) is 23.1 Å². The van der Waals surface area contributed by atoms with E-state index < -0.39 is 4.92 Å². The lowest BCUT2D eigenvalue weighted by atomic mass is 10.1. The van der Waals surface area contributed by atoms with E-state index in [9.17, 15) is 10.1 Å². The minimum absolute atomic E-state index is 0.0106. The molecule has 0 radical (unpaired) electrons. The van der Waals surface area contributed by atoms with Crippen molar-refractivity contribution in [2.75, 3.05) is 7.11 Å². The van der Waals surface area contributed by atoms with Crippen LogP contribution in [0.1, 0.15) is 11.1 Å². The van der Waals surface area contributed by atoms with E-state index in [0.29, 0.717) is 28.1 Å². The Balaban J connectivity index is 2.29. The lowest BCUT2D eigenvalue weighted by Gasteiger charge is -2.13. The van der Waals surface area contributed by atoms with Crippen molar-refractivity contribution in [3.8, 4) is 17.5 Å². The fourth-order valence-electron chi connectivity index (χ4n) is 2.54. The van der Waals surface area contributed by atoms with Gasteiger partial charge in [0.05, 0.1) is 35.4 Å². The first kappa shape index (κ1) is 14.5. The topological polar surface area (TPSA) is 94.0 Å². The van der Waals surface area contributed by atoms with Crippen molar-refractivity contribution in [1.82, 2.24) is 9.78 Å². The van der Waals surface area contributed by atoms with Gasteiger partial charge in [-0.3, -0.25) is 10.1 Å². The highest BCUT2D eigenvalue weighted by atomic mass is 16.6. The summed E-state index contributed by atoms with van der Waals surface area (Å²) < 4.78 is 7.00. The zero-order chi connectivity index (χ0) is 16.6. The highest BCUT2D eigenvalue weighted by molar-refractivity contribution is 5.83. The number of hydrogen-bond donors (Lipinski definition) is 0. The fourth-order valence-corrected chi connectivity index (χ4v) is 2.54. The van der Waals surface area contributed by atoms with E-state index in [2.05, 4.69) is 11.2 Å². The van der Waals surface area contributed by atoms with Gasteiger partial charge >= 0.3 is 0 Å². The molecule has 0 fully saturated rings. The van der Waals surface area contributed by atoms with Crippen molar-refractivity contribution >= 4 is 16.6 Å². The van der Waals surface area contributed by atoms with Gasteiger partial charge in [0.2, 0.25) is 0 Å². The molecule has 1 heterocycles. The standard InChI is InChI=1S/C16H12N4O3/c1-10-11(8-17)4-6-14(16(10)23-2)19-15-7-13(20(21)22)5-3-12(15)9-18-19/h3-7,9H,1-2H3. The molecule has 0 saturated heterocycles. The zero-order valence-corrected chi connectivity index (χ0v) is 12.5. The monoisotopic (exact) mass is 308 g/mol. The molecule has 0 aliphatic heterocycles. The summed E-state index contributed by atoms with van der Waals surface area (Å²) in [6.45, 7) is 1.79. The maximum Gasteiger partial charge on any atom is 0.271 e. The Morgan fingerprint density at radius 2 is 2.13 bits per heavy atom. The second-order valence-corrected chi connectivity index (χ2v) is 4.96. The van der Waals surface area contributed by atoms with Crippen molar-refractivity contribution in [3.05, 3.63) is 57.8 Å². The van der Waals surface area contributed by atoms with Crippen LogP contribution in [0.15, 0.2) is 36.5 Å². The summed E-state index contributed by atoms with van der Waals surface area (Å²) in [5.41, 5.74) is 2.42. The second kappa shape index (κ2) is 5.42. The number of methoxy groups -OCH3 is 1. The van der Waals surface area contributed by atoms with Gasteiger partial charge in [0.25, 0.3) is 5.69 Å². The summed E-state index contributed by atoms with van der Waals surface area (Å²) in [6.07, 6.45) is 1.63. The van der Waals surface area contributed by atoms with Crippen LogP contribution in [0, 0.1) is 28.4 Å². The lowest BCUT2D eigenvalue weighted by Crippen LogP contribution is -2.02. The third kappa shape index (κ3) is 2.26. The summed E-state index contributed by atoms with van der Waals surface area (Å²) in [7, 11) is 1.52. The lowest BCUT2D eigenvalue weighted by molar-refractivity contribution is -0.384. The van der Waals surface area contributed by atoms with Gasteiger partial charge in [-0.05, 0) is 25.1 Å². The third-order valence-corrected chi connectivity index (χ3v) is 3.70. The first-order valence-electron chi connectivity index (χ1n) is 6.77. The van der Waals surface area contributed by atoms with Crippen molar-refractivity contribution < 1.29 is 9.66 Å². The molecule has 3 aromatic rings. The van der Waals surface area contributed by atoms with Gasteiger partial charge < -0.3 is 4.74 Å². The average molecular weight is 308 g/mol. The predicted molar refractivity (Wildman–Crippen MR) is 83.7 cm³/mol. The number of nitro groups is 1. The number of benzene rings is 2. The predicted octanol–water partition coefficient (Wildman–Crippen LogP) is 3.12. The Labute approximate surface area is 131 Å². The largest absolute Gasteiger partial charge is 0.494 e. The van der Waals surface area contributed by atoms with Crippen LogP contribution < -0.4 is 4.74 Å². The molecule has 0 aliphatic rings. The molecule has 23 heavy (non-hydrogen) atoms. The highest BCUT2D eigenvalue weighted by Gasteiger charge is 2.16. The SMILES string of the molecule is COc1c(-n2ncc3ccc([N+](=O)[O-])cc32)ccc(C#N)c1C. The maximum absolute atomic E-state index is 11.0. The number of nitrogens with zero attached hydrogens (tertiary/aromatic N) is 4. The third-order valence-electron chi connectivity index (χ3n) is 3.70. The number of nitro benzene ring substituents is 1. The molecule has 0 N–H and O–H groups in total. The van der Waals surface area contributed by atoms with Crippen molar-refractivity contribution in [2.24, 2.45) is 0 Å². The van der Waals surface area contributed by atoms with Gasteiger partial charge in [-0.1, -0.05) is 0 Å². The number of fused-ring (bicyclic) bond motifs is 1. The van der Waals surface area contributed by atoms with E-state index in [1.807, 2.05) is 0 Å². The molecule has 7 heteroatoms. The van der Waals surface area contributed by atoms with Gasteiger partial charge in [0.1, 0.15) is 11.4 Å². The number of ether oxygens (including phenoxy) is 1. The molecule has 0 spiro atoms. The number of hydrogen-bond acceptors (Lipinski definition) is 5. The molecule has 114 valence electrons. The van der Waals surface area contributed by atoms with Gasteiger partial charge in [0.15, 0.2) is 0 Å². The van der Waals surface area contributed by atoms with Gasteiger partial charge in [-0.25, -0.2) is 4.68 Å². The van der Waals surface area contributed by atoms with Crippen LogP contribution in [-0.4, -0.2) is 21.8 Å². The molecule has 7 nitrogen and oxygen atoms in total. The summed E-state index contributed by atoms with van der Waals surface area (Å²) in [4.78, 5) is 10.5. The Kier molecular flexibility index (Phi) is 3.43. The van der Waals surface area contributed by atoms with Crippen LogP contribution in [0.2, 0.25) is 0 Å². The van der Waals surface area contributed by atoms with E-state index in [0.717, 1.165) is 5.39 Å². The Morgan fingerprint density at radius 3 is 2.78 bits per heavy atom. The van der Waals surface area contributed by atoms with Gasteiger partial charge in [-0.2, -0.15) is 10.4 Å². The number of nitriles is 1. The maximum atomic E-state index is 11.0. The molecular formula is C16H12N4O3. The molecule has 0 aliphatic carbocycles. The first-order valence-corrected chi connectivity index (χ1v) is 6.77. The Hall–Kier alpha value is -3.40. The molecule has 0 atom stereocenters. The fraction of sp³-hybridized carbons (Fsp3) is 0.125. The van der Waals surface area contributed by atoms with Crippen LogP contribution in [-0.2, 0) is 0 Å². The van der Waals surface area contributed by atoms with E-state index in [1.165, 1.54) is 19.2 Å². The van der Waals surface area contributed by atoms with Crippen LogP contribution in [0.3, 0.4) is 0 Å². The van der Waals surface area contributed by atoms with Crippen LogP contribution in [0.4, 0.5) is 5.69 Å². The molecule has 0 saturated carbocycles. The molecule has 0 unspecified atom stereocenters. The highest BCUT2D eigenvalue weighted by Crippen LogP contribution is 2.32. The number of non-ortho nitro benzene ring substituents is 1. The summed E-state index contributed by atoms with van der Waals surface area (Å²) in [5, 5.41) is 25.2. The smallest absolute Gasteiger partial charge is 0.271 e. The normalized spacial score (nSPS) is 10.5.